The molecular weight excluding hydrogens is 270 g/mol. The van der Waals surface area contributed by atoms with Crippen molar-refractivity contribution in [2.24, 2.45) is 11.8 Å². The Morgan fingerprint density at radius 1 is 1.43 bits per heavy atom. The van der Waals surface area contributed by atoms with Crippen molar-refractivity contribution in [2.45, 2.75) is 26.7 Å². The predicted molar refractivity (Wildman–Crippen MR) is 81.7 cm³/mol. The van der Waals surface area contributed by atoms with Gasteiger partial charge in [0.1, 0.15) is 0 Å². The summed E-state index contributed by atoms with van der Waals surface area (Å²) in [6.07, 6.45) is 2.22. The van der Waals surface area contributed by atoms with Gasteiger partial charge in [-0.15, -0.1) is 0 Å². The van der Waals surface area contributed by atoms with E-state index >= 15 is 0 Å². The van der Waals surface area contributed by atoms with Crippen molar-refractivity contribution in [3.8, 4) is 0 Å². The fourth-order valence-corrected chi connectivity index (χ4v) is 2.64. The number of aliphatic hydroxyl groups is 1. The molecule has 0 unspecified atom stereocenters. The minimum Gasteiger partial charge on any atom is -0.395 e. The maximum Gasteiger partial charge on any atom is 0.241 e. The number of rotatable bonds is 7. The van der Waals surface area contributed by atoms with Crippen LogP contribution in [0.15, 0.2) is 0 Å². The number of nitrogens with one attached hydrogen (secondary N) is 1. The maximum atomic E-state index is 12.0. The summed E-state index contributed by atoms with van der Waals surface area (Å²) >= 11 is 0. The average molecular weight is 299 g/mol. The largest absolute Gasteiger partial charge is 0.395 e. The van der Waals surface area contributed by atoms with Crippen LogP contribution in [0.25, 0.3) is 0 Å². The zero-order valence-corrected chi connectivity index (χ0v) is 13.5. The summed E-state index contributed by atoms with van der Waals surface area (Å²) in [5, 5.41) is 11.7. The lowest BCUT2D eigenvalue weighted by Gasteiger charge is -2.34. The van der Waals surface area contributed by atoms with Gasteiger partial charge < -0.3 is 20.2 Å². The molecule has 0 saturated carbocycles. The van der Waals surface area contributed by atoms with E-state index in [2.05, 4.69) is 10.2 Å². The fourth-order valence-electron chi connectivity index (χ4n) is 2.64. The number of likely N-dealkylation sites (N-methyl/N-ethyl adjacent to an activating group) is 1. The number of piperidine rings is 1. The van der Waals surface area contributed by atoms with E-state index in [-0.39, 0.29) is 30.9 Å². The highest BCUT2D eigenvalue weighted by Crippen LogP contribution is 2.16. The molecule has 6 heteroatoms. The molecule has 21 heavy (non-hydrogen) atoms. The normalized spacial score (nSPS) is 19.6. The lowest BCUT2D eigenvalue weighted by molar-refractivity contribution is -0.133. The monoisotopic (exact) mass is 299 g/mol. The molecule has 2 amide bonds. The lowest BCUT2D eigenvalue weighted by atomic mass is 9.97. The van der Waals surface area contributed by atoms with E-state index in [1.54, 1.807) is 25.8 Å². The second kappa shape index (κ2) is 9.00. The van der Waals surface area contributed by atoms with Gasteiger partial charge in [-0.25, -0.2) is 0 Å². The summed E-state index contributed by atoms with van der Waals surface area (Å²) in [5.74, 6) is 0.195. The molecule has 1 aliphatic rings. The number of amides is 2. The summed E-state index contributed by atoms with van der Waals surface area (Å²) in [4.78, 5) is 27.4. The van der Waals surface area contributed by atoms with Gasteiger partial charge in [0, 0.05) is 32.6 Å². The van der Waals surface area contributed by atoms with Crippen molar-refractivity contribution in [1.29, 1.82) is 0 Å². The summed E-state index contributed by atoms with van der Waals surface area (Å²) < 4.78 is 0. The van der Waals surface area contributed by atoms with Crippen molar-refractivity contribution in [3.05, 3.63) is 0 Å². The smallest absolute Gasteiger partial charge is 0.241 e. The van der Waals surface area contributed by atoms with E-state index in [1.807, 2.05) is 0 Å². The first-order valence-corrected chi connectivity index (χ1v) is 7.79. The number of carbonyl (C=O) groups is 2. The number of hydrogen-bond acceptors (Lipinski definition) is 4. The summed E-state index contributed by atoms with van der Waals surface area (Å²) in [6.45, 7) is 7.23. The van der Waals surface area contributed by atoms with E-state index < -0.39 is 0 Å². The van der Waals surface area contributed by atoms with Crippen molar-refractivity contribution in [1.82, 2.24) is 15.1 Å². The van der Waals surface area contributed by atoms with Crippen LogP contribution in [0, 0.1) is 11.8 Å². The molecule has 0 aromatic rings. The van der Waals surface area contributed by atoms with Crippen LogP contribution in [0.1, 0.15) is 26.7 Å². The maximum absolute atomic E-state index is 12.0. The molecule has 0 radical (unpaired) electrons. The van der Waals surface area contributed by atoms with Crippen LogP contribution < -0.4 is 5.32 Å². The number of hydrogen-bond donors (Lipinski definition) is 2. The molecular formula is C15H29N3O3. The third kappa shape index (κ3) is 6.44. The van der Waals surface area contributed by atoms with Gasteiger partial charge in [0.15, 0.2) is 0 Å². The zero-order chi connectivity index (χ0) is 15.8. The third-order valence-electron chi connectivity index (χ3n) is 3.92. The minimum atomic E-state index is -0.103. The second-order valence-corrected chi connectivity index (χ2v) is 6.18. The number of carbonyl (C=O) groups excluding carboxylic acids is 2. The van der Waals surface area contributed by atoms with Gasteiger partial charge in [0.25, 0.3) is 0 Å². The summed E-state index contributed by atoms with van der Waals surface area (Å²) in [6, 6.07) is 0. The molecule has 1 atom stereocenters. The molecule has 1 saturated heterocycles. The standard InChI is InChI=1S/C15H29N3O3/c1-12(2)15(21)16-9-14(20)17(3)10-13-5-4-6-18(11-13)7-8-19/h12-13,19H,4-11H2,1-3H3,(H,16,21)/t13-/m1/s1. The van der Waals surface area contributed by atoms with Crippen LogP contribution in [0.3, 0.4) is 0 Å². The quantitative estimate of drug-likeness (QED) is 0.690. The molecule has 0 aliphatic carbocycles. The first-order chi connectivity index (χ1) is 9.93. The summed E-state index contributed by atoms with van der Waals surface area (Å²) in [7, 11) is 1.79. The Balaban J connectivity index is 2.32. The van der Waals surface area contributed by atoms with Gasteiger partial charge in [-0.1, -0.05) is 13.8 Å². The van der Waals surface area contributed by atoms with E-state index in [9.17, 15) is 9.59 Å². The molecule has 1 heterocycles. The molecule has 0 bridgehead atoms. The Kier molecular flexibility index (Phi) is 7.67. The van der Waals surface area contributed by atoms with Crippen LogP contribution in [0.2, 0.25) is 0 Å². The zero-order valence-electron chi connectivity index (χ0n) is 13.5. The van der Waals surface area contributed by atoms with Crippen LogP contribution in [-0.2, 0) is 9.59 Å². The van der Waals surface area contributed by atoms with Crippen molar-refractivity contribution < 1.29 is 14.7 Å². The molecule has 0 aromatic carbocycles. The highest BCUT2D eigenvalue weighted by Gasteiger charge is 2.22. The number of β-amino-alcohol motifs (C(OH)–C–C–N with tert-alkyl or cyclic N) is 1. The molecule has 1 fully saturated rings. The minimum absolute atomic E-state index is 0.0525. The molecule has 1 rings (SSSR count). The molecule has 122 valence electrons. The second-order valence-electron chi connectivity index (χ2n) is 6.18. The number of aliphatic hydroxyl groups excluding tert-OH is 1. The van der Waals surface area contributed by atoms with Gasteiger partial charge in [-0.2, -0.15) is 0 Å². The average Bonchev–Trinajstić information content (AvgIpc) is 2.44. The van der Waals surface area contributed by atoms with Gasteiger partial charge in [0.2, 0.25) is 11.8 Å². The van der Waals surface area contributed by atoms with Crippen LogP contribution in [0.5, 0.6) is 0 Å². The Morgan fingerprint density at radius 3 is 2.76 bits per heavy atom. The first-order valence-electron chi connectivity index (χ1n) is 7.79. The topological polar surface area (TPSA) is 72.9 Å². The van der Waals surface area contributed by atoms with E-state index in [4.69, 9.17) is 5.11 Å². The van der Waals surface area contributed by atoms with Crippen LogP contribution >= 0.6 is 0 Å². The van der Waals surface area contributed by atoms with E-state index in [0.717, 1.165) is 25.9 Å². The SMILES string of the molecule is CC(C)C(=O)NCC(=O)N(C)C[C@H]1CCCN(CCO)C1. The fraction of sp³-hybridized carbons (Fsp3) is 0.867. The van der Waals surface area contributed by atoms with Gasteiger partial charge in [0.05, 0.1) is 13.2 Å². The predicted octanol–water partition coefficient (Wildman–Crippen LogP) is -0.0787. The lowest BCUT2D eigenvalue weighted by Crippen LogP contribution is -2.45. The molecule has 2 N–H and O–H groups in total. The van der Waals surface area contributed by atoms with E-state index in [1.165, 1.54) is 0 Å². The summed E-state index contributed by atoms with van der Waals surface area (Å²) in [5.41, 5.74) is 0. The Morgan fingerprint density at radius 2 is 2.14 bits per heavy atom. The molecule has 6 nitrogen and oxygen atoms in total. The van der Waals surface area contributed by atoms with Gasteiger partial charge in [-0.3, -0.25) is 9.59 Å². The van der Waals surface area contributed by atoms with Crippen molar-refractivity contribution in [3.63, 3.8) is 0 Å². The molecule has 0 spiro atoms. The Bertz CT molecular complexity index is 345. The van der Waals surface area contributed by atoms with Gasteiger partial charge >= 0.3 is 0 Å². The third-order valence-corrected chi connectivity index (χ3v) is 3.92. The van der Waals surface area contributed by atoms with Crippen LogP contribution in [0.4, 0.5) is 0 Å². The van der Waals surface area contributed by atoms with Gasteiger partial charge in [-0.05, 0) is 25.3 Å². The molecule has 1 aliphatic heterocycles. The number of nitrogens with zero attached hydrogens (tertiary/aromatic N) is 2. The highest BCUT2D eigenvalue weighted by molar-refractivity contribution is 5.85. The van der Waals surface area contributed by atoms with Crippen molar-refractivity contribution in [2.75, 3.05) is 46.4 Å². The Hall–Kier alpha value is -1.14. The number of likely N-dealkylation sites (tertiary alicyclic amines) is 1. The highest BCUT2D eigenvalue weighted by atomic mass is 16.3. The van der Waals surface area contributed by atoms with E-state index in [0.29, 0.717) is 19.0 Å². The Labute approximate surface area is 127 Å². The molecule has 0 aromatic heterocycles. The van der Waals surface area contributed by atoms with Crippen LogP contribution in [-0.4, -0.2) is 73.1 Å². The van der Waals surface area contributed by atoms with Crippen molar-refractivity contribution >= 4 is 11.8 Å². The first kappa shape index (κ1) is 17.9.